The molecular formula is C22H20N2O8. The molecule has 0 saturated carbocycles. The van der Waals surface area contributed by atoms with Crippen molar-refractivity contribution in [3.63, 3.8) is 0 Å². The fraction of sp³-hybridized carbons (Fsp3) is 0.273. The number of fused-ring (bicyclic) bond motifs is 1. The van der Waals surface area contributed by atoms with Crippen LogP contribution in [0.2, 0.25) is 0 Å². The van der Waals surface area contributed by atoms with E-state index >= 15 is 0 Å². The Kier molecular flexibility index (Phi) is 5.93. The molecule has 3 heterocycles. The molecule has 1 aromatic carbocycles. The molecule has 0 radical (unpaired) electrons. The summed E-state index contributed by atoms with van der Waals surface area (Å²) in [7, 11) is 1.44. The molecule has 2 amide bonds. The average Bonchev–Trinajstić information content (AvgIpc) is 3.36. The highest BCUT2D eigenvalue weighted by Crippen LogP contribution is 2.24. The van der Waals surface area contributed by atoms with Gasteiger partial charge in [-0.2, -0.15) is 0 Å². The van der Waals surface area contributed by atoms with E-state index in [2.05, 4.69) is 0 Å². The molecule has 2 aromatic heterocycles. The number of methoxy groups -OCH3 is 1. The summed E-state index contributed by atoms with van der Waals surface area (Å²) >= 11 is 0. The fourth-order valence-corrected chi connectivity index (χ4v) is 3.43. The lowest BCUT2D eigenvalue weighted by Crippen LogP contribution is -2.51. The molecular weight excluding hydrogens is 420 g/mol. The van der Waals surface area contributed by atoms with Crippen LogP contribution in [0.25, 0.3) is 11.0 Å². The van der Waals surface area contributed by atoms with E-state index in [0.29, 0.717) is 37.3 Å². The molecule has 0 aliphatic carbocycles. The van der Waals surface area contributed by atoms with Gasteiger partial charge in [-0.15, -0.1) is 0 Å². The zero-order valence-corrected chi connectivity index (χ0v) is 17.2. The lowest BCUT2D eigenvalue weighted by atomic mass is 10.2. The van der Waals surface area contributed by atoms with Crippen LogP contribution in [0.5, 0.6) is 5.75 Å². The van der Waals surface area contributed by atoms with Gasteiger partial charge in [0.15, 0.2) is 23.7 Å². The minimum atomic E-state index is -0.955. The van der Waals surface area contributed by atoms with Crippen molar-refractivity contribution in [1.29, 1.82) is 0 Å². The van der Waals surface area contributed by atoms with Crippen molar-refractivity contribution < 1.29 is 32.7 Å². The molecule has 3 aromatic rings. The average molecular weight is 440 g/mol. The van der Waals surface area contributed by atoms with Crippen LogP contribution in [0.1, 0.15) is 20.9 Å². The van der Waals surface area contributed by atoms with Gasteiger partial charge < -0.3 is 28.1 Å². The number of rotatable bonds is 5. The van der Waals surface area contributed by atoms with Gasteiger partial charge in [-0.1, -0.05) is 12.1 Å². The summed E-state index contributed by atoms with van der Waals surface area (Å²) in [5.74, 6) is -1.02. The van der Waals surface area contributed by atoms with E-state index in [1.165, 1.54) is 24.3 Å². The van der Waals surface area contributed by atoms with Gasteiger partial charge in [-0.05, 0) is 24.3 Å². The van der Waals surface area contributed by atoms with E-state index in [1.807, 2.05) is 0 Å². The topological polar surface area (TPSA) is 120 Å². The molecule has 10 nitrogen and oxygen atoms in total. The number of benzene rings is 1. The number of amides is 2. The summed E-state index contributed by atoms with van der Waals surface area (Å²) in [5.41, 5.74) is -0.980. The Morgan fingerprint density at radius 1 is 1.03 bits per heavy atom. The quantitative estimate of drug-likeness (QED) is 0.433. The van der Waals surface area contributed by atoms with E-state index in [9.17, 15) is 19.2 Å². The Bertz CT molecular complexity index is 1210. The molecule has 0 unspecified atom stereocenters. The highest BCUT2D eigenvalue weighted by atomic mass is 16.5. The molecule has 1 saturated heterocycles. The van der Waals surface area contributed by atoms with E-state index in [1.54, 1.807) is 35.2 Å². The number of ether oxygens (including phenoxy) is 2. The summed E-state index contributed by atoms with van der Waals surface area (Å²) in [6.07, 6.45) is 1.42. The van der Waals surface area contributed by atoms with Crippen molar-refractivity contribution in [2.24, 2.45) is 0 Å². The van der Waals surface area contributed by atoms with Gasteiger partial charge >= 0.3 is 11.6 Å². The number of esters is 1. The lowest BCUT2D eigenvalue weighted by molar-refractivity contribution is -0.136. The molecule has 0 atom stereocenters. The van der Waals surface area contributed by atoms with Crippen molar-refractivity contribution in [3.05, 3.63) is 64.4 Å². The monoisotopic (exact) mass is 440 g/mol. The number of furan rings is 1. The fourth-order valence-electron chi connectivity index (χ4n) is 3.43. The number of piperazine rings is 1. The van der Waals surface area contributed by atoms with Gasteiger partial charge in [0.2, 0.25) is 0 Å². The zero-order valence-electron chi connectivity index (χ0n) is 17.2. The molecule has 4 rings (SSSR count). The normalized spacial score (nSPS) is 13.8. The van der Waals surface area contributed by atoms with Crippen molar-refractivity contribution >= 4 is 28.8 Å². The van der Waals surface area contributed by atoms with Crippen molar-refractivity contribution in [3.8, 4) is 5.75 Å². The second kappa shape index (κ2) is 8.96. The first kappa shape index (κ1) is 21.2. The maximum absolute atomic E-state index is 12.4. The molecule has 0 spiro atoms. The highest BCUT2D eigenvalue weighted by Gasteiger charge is 2.27. The Morgan fingerprint density at radius 2 is 1.78 bits per heavy atom. The standard InChI is InChI=1S/C22H20N2O8/c1-29-16-5-2-4-14-12-15(22(28)32-19(14)16)21(27)31-13-18(25)23-7-9-24(10-8-23)20(26)17-6-3-11-30-17/h2-6,11-12H,7-10,13H2,1H3. The number of hydrogen-bond acceptors (Lipinski definition) is 8. The second-order valence-corrected chi connectivity index (χ2v) is 7.05. The lowest BCUT2D eigenvalue weighted by Gasteiger charge is -2.34. The second-order valence-electron chi connectivity index (χ2n) is 7.05. The van der Waals surface area contributed by atoms with Gasteiger partial charge in [0.05, 0.1) is 13.4 Å². The number of hydrogen-bond donors (Lipinski definition) is 0. The third-order valence-corrected chi connectivity index (χ3v) is 5.14. The van der Waals surface area contributed by atoms with Crippen LogP contribution in [-0.2, 0) is 9.53 Å². The summed E-state index contributed by atoms with van der Waals surface area (Å²) < 4.78 is 20.5. The van der Waals surface area contributed by atoms with Crippen molar-refractivity contribution in [2.45, 2.75) is 0 Å². The third kappa shape index (κ3) is 4.20. The molecule has 1 aliphatic rings. The van der Waals surface area contributed by atoms with Crippen LogP contribution in [0.4, 0.5) is 0 Å². The summed E-state index contributed by atoms with van der Waals surface area (Å²) in [5, 5.41) is 0.486. The van der Waals surface area contributed by atoms with Crippen molar-refractivity contribution in [1.82, 2.24) is 9.80 Å². The van der Waals surface area contributed by atoms with Gasteiger partial charge in [0, 0.05) is 31.6 Å². The van der Waals surface area contributed by atoms with Gasteiger partial charge in [0.25, 0.3) is 11.8 Å². The first-order chi connectivity index (χ1) is 15.5. The first-order valence-electron chi connectivity index (χ1n) is 9.86. The zero-order chi connectivity index (χ0) is 22.7. The minimum absolute atomic E-state index is 0.217. The summed E-state index contributed by atoms with van der Waals surface area (Å²) in [4.78, 5) is 52.4. The minimum Gasteiger partial charge on any atom is -0.493 e. The molecule has 0 N–H and O–H groups in total. The number of nitrogens with zero attached hydrogens (tertiary/aromatic N) is 2. The first-order valence-corrected chi connectivity index (χ1v) is 9.86. The van der Waals surface area contributed by atoms with Gasteiger partial charge in [-0.3, -0.25) is 9.59 Å². The summed E-state index contributed by atoms with van der Waals surface area (Å²) in [6, 6.07) is 9.54. The Morgan fingerprint density at radius 3 is 2.47 bits per heavy atom. The van der Waals surface area contributed by atoms with Gasteiger partial charge in [0.1, 0.15) is 5.56 Å². The van der Waals surface area contributed by atoms with Crippen LogP contribution in [-0.4, -0.2) is 67.5 Å². The highest BCUT2D eigenvalue weighted by molar-refractivity contribution is 5.95. The smallest absolute Gasteiger partial charge is 0.351 e. The molecule has 166 valence electrons. The van der Waals surface area contributed by atoms with E-state index in [-0.39, 0.29) is 22.8 Å². The Labute approximate surface area is 181 Å². The maximum atomic E-state index is 12.4. The Hall–Kier alpha value is -4.08. The third-order valence-electron chi connectivity index (χ3n) is 5.14. The SMILES string of the molecule is COc1cccc2cc(C(=O)OCC(=O)N3CCN(C(=O)c4ccco4)CC3)c(=O)oc12. The van der Waals surface area contributed by atoms with Crippen LogP contribution >= 0.6 is 0 Å². The number of carbonyl (C=O) groups is 3. The predicted octanol–water partition coefficient (Wildman–Crippen LogP) is 1.54. The van der Waals surface area contributed by atoms with E-state index < -0.39 is 24.1 Å². The molecule has 0 bridgehead atoms. The molecule has 10 heteroatoms. The molecule has 32 heavy (non-hydrogen) atoms. The Balaban J connectivity index is 1.34. The predicted molar refractivity (Wildman–Crippen MR) is 111 cm³/mol. The number of carbonyl (C=O) groups excluding carboxylic acids is 3. The maximum Gasteiger partial charge on any atom is 0.351 e. The molecule has 1 fully saturated rings. The van der Waals surface area contributed by atoms with E-state index in [4.69, 9.17) is 18.3 Å². The molecule has 1 aliphatic heterocycles. The van der Waals surface area contributed by atoms with Crippen molar-refractivity contribution in [2.75, 3.05) is 39.9 Å². The van der Waals surface area contributed by atoms with E-state index in [0.717, 1.165) is 0 Å². The van der Waals surface area contributed by atoms with Crippen LogP contribution in [0, 0.1) is 0 Å². The van der Waals surface area contributed by atoms with Crippen LogP contribution in [0.3, 0.4) is 0 Å². The number of para-hydroxylation sites is 1. The van der Waals surface area contributed by atoms with Crippen LogP contribution < -0.4 is 10.4 Å². The largest absolute Gasteiger partial charge is 0.493 e. The van der Waals surface area contributed by atoms with Gasteiger partial charge in [-0.25, -0.2) is 9.59 Å². The summed E-state index contributed by atoms with van der Waals surface area (Å²) in [6.45, 7) is 0.715. The van der Waals surface area contributed by atoms with Crippen LogP contribution in [0.15, 0.2) is 56.3 Å².